The highest BCUT2D eigenvalue weighted by atomic mass is 16.5. The first-order valence-corrected chi connectivity index (χ1v) is 14.3. The van der Waals surface area contributed by atoms with Crippen LogP contribution < -0.4 is 16.4 Å². The molecule has 224 valence electrons. The predicted octanol–water partition coefficient (Wildman–Crippen LogP) is 3.68. The number of nitrogens with two attached hydrogens (primary N) is 2. The lowest BCUT2D eigenvalue weighted by molar-refractivity contribution is -0.153. The van der Waals surface area contributed by atoms with Crippen molar-refractivity contribution in [2.45, 2.75) is 31.2 Å². The van der Waals surface area contributed by atoms with Gasteiger partial charge in [-0.15, -0.1) is 0 Å². The van der Waals surface area contributed by atoms with Gasteiger partial charge in [0.05, 0.1) is 0 Å². The van der Waals surface area contributed by atoms with Crippen LogP contribution >= 0.6 is 0 Å². The Bertz CT molecular complexity index is 1660. The van der Waals surface area contributed by atoms with Crippen LogP contribution in [0.15, 0.2) is 109 Å². The summed E-state index contributed by atoms with van der Waals surface area (Å²) in [6.07, 6.45) is 0.571. The van der Waals surface area contributed by atoms with Crippen LogP contribution in [-0.4, -0.2) is 53.6 Å². The van der Waals surface area contributed by atoms with Crippen LogP contribution in [0.3, 0.4) is 0 Å². The van der Waals surface area contributed by atoms with Crippen LogP contribution in [0.5, 0.6) is 0 Å². The molecule has 1 amide bonds. The van der Waals surface area contributed by atoms with Crippen molar-refractivity contribution >= 4 is 29.2 Å². The Hall–Kier alpha value is -5.28. The van der Waals surface area contributed by atoms with Crippen molar-refractivity contribution in [2.75, 3.05) is 18.5 Å². The fraction of sp³-hybridized carbons (Fsp3) is 0.200. The predicted molar refractivity (Wildman–Crippen MR) is 169 cm³/mol. The molecule has 4 aromatic carbocycles. The topological polar surface area (TPSA) is 143 Å². The number of nitrogen functional groups attached to an aromatic ring is 1. The molecule has 1 aliphatic rings. The zero-order valence-electron chi connectivity index (χ0n) is 24.5. The number of nitrogens with one attached hydrogen (secondary N) is 1. The van der Waals surface area contributed by atoms with E-state index in [1.807, 2.05) is 72.8 Å². The first-order chi connectivity index (χ1) is 21.2. The van der Waals surface area contributed by atoms with Crippen molar-refractivity contribution < 1.29 is 19.1 Å². The number of nitrogens with zero attached hydrogens (tertiary/aromatic N) is 2. The smallest absolute Gasteiger partial charge is 0.337 e. The molecule has 4 aromatic rings. The van der Waals surface area contributed by atoms with E-state index in [1.165, 1.54) is 24.3 Å². The highest BCUT2D eigenvalue weighted by Crippen LogP contribution is 2.33. The number of Topliss-reactive ketones (excluding diaryl/α,β-unsaturated/α-hetero) is 1. The summed E-state index contributed by atoms with van der Waals surface area (Å²) in [5.41, 5.74) is 13.9. The van der Waals surface area contributed by atoms with Crippen LogP contribution in [0.2, 0.25) is 0 Å². The van der Waals surface area contributed by atoms with Gasteiger partial charge in [0, 0.05) is 37.0 Å². The Kier molecular flexibility index (Phi) is 8.87. The standard InChI is InChI=1S/C35H35N5O4/c1-39-29-15-9-8-14-28(29)22-40(21-20-24-10-4-2-5-11-24)33(42)30(39)35(38,34(43)44-23-25-12-6-3-7-13-25)31(41)26-16-18-27(19-17-26)32(36)37/h2-19,30H,20-23,38H2,1H3,(H3,36,37). The van der Waals surface area contributed by atoms with Gasteiger partial charge in [-0.3, -0.25) is 15.0 Å². The second-order valence-electron chi connectivity index (χ2n) is 10.9. The molecule has 0 fully saturated rings. The third kappa shape index (κ3) is 6.09. The number of para-hydroxylation sites is 1. The van der Waals surface area contributed by atoms with Gasteiger partial charge in [-0.05, 0) is 29.2 Å². The quantitative estimate of drug-likeness (QED) is 0.0842. The first kappa shape index (κ1) is 30.2. The van der Waals surface area contributed by atoms with E-state index in [-0.39, 0.29) is 24.6 Å². The van der Waals surface area contributed by atoms with Gasteiger partial charge in [-0.25, -0.2) is 4.79 Å². The van der Waals surface area contributed by atoms with Crippen molar-refractivity contribution in [1.82, 2.24) is 4.90 Å². The maximum Gasteiger partial charge on any atom is 0.337 e. The van der Waals surface area contributed by atoms with E-state index in [0.717, 1.165) is 11.1 Å². The van der Waals surface area contributed by atoms with Gasteiger partial charge in [0.1, 0.15) is 18.5 Å². The monoisotopic (exact) mass is 589 g/mol. The van der Waals surface area contributed by atoms with E-state index in [1.54, 1.807) is 29.0 Å². The SMILES string of the molecule is CN1c2ccccc2CN(CCc2ccccc2)C(=O)C1C(N)(C(=O)OCc1ccccc1)C(=O)c1ccc(C(=N)N)cc1. The molecule has 2 atom stereocenters. The lowest BCUT2D eigenvalue weighted by Gasteiger charge is -2.39. The fourth-order valence-corrected chi connectivity index (χ4v) is 5.56. The summed E-state index contributed by atoms with van der Waals surface area (Å²) in [5, 5.41) is 7.71. The highest BCUT2D eigenvalue weighted by molar-refractivity contribution is 6.21. The molecule has 9 heteroatoms. The Labute approximate surface area is 256 Å². The average molecular weight is 590 g/mol. The van der Waals surface area contributed by atoms with E-state index in [2.05, 4.69) is 0 Å². The second kappa shape index (κ2) is 12.9. The molecule has 5 N–H and O–H groups in total. The number of carbonyl (C=O) groups excluding carboxylic acids is 3. The van der Waals surface area contributed by atoms with Gasteiger partial charge in [0.25, 0.3) is 0 Å². The Morgan fingerprint density at radius 2 is 1.43 bits per heavy atom. The van der Waals surface area contributed by atoms with Gasteiger partial charge in [0.2, 0.25) is 11.4 Å². The molecule has 5 rings (SSSR count). The van der Waals surface area contributed by atoms with Gasteiger partial charge in [0.15, 0.2) is 5.78 Å². The normalized spacial score (nSPS) is 16.0. The molecule has 0 saturated carbocycles. The molecule has 9 nitrogen and oxygen atoms in total. The molecule has 1 heterocycles. The number of fused-ring (bicyclic) bond motifs is 1. The number of hydrogen-bond donors (Lipinski definition) is 3. The van der Waals surface area contributed by atoms with Crippen LogP contribution in [0, 0.1) is 5.41 Å². The Morgan fingerprint density at radius 1 is 0.864 bits per heavy atom. The largest absolute Gasteiger partial charge is 0.459 e. The third-order valence-electron chi connectivity index (χ3n) is 7.99. The summed E-state index contributed by atoms with van der Waals surface area (Å²) in [7, 11) is 1.67. The minimum atomic E-state index is -2.43. The Morgan fingerprint density at radius 3 is 2.07 bits per heavy atom. The van der Waals surface area contributed by atoms with Crippen molar-refractivity contribution in [3.8, 4) is 0 Å². The van der Waals surface area contributed by atoms with Crippen LogP contribution in [-0.2, 0) is 33.9 Å². The van der Waals surface area contributed by atoms with E-state index in [0.29, 0.717) is 29.8 Å². The molecule has 0 spiro atoms. The molecule has 0 aliphatic carbocycles. The lowest BCUT2D eigenvalue weighted by atomic mass is 9.81. The molecular formula is C35H35N5O4. The van der Waals surface area contributed by atoms with Gasteiger partial charge in [-0.2, -0.15) is 0 Å². The number of rotatable bonds is 10. The number of ether oxygens (including phenoxy) is 1. The molecule has 1 aliphatic heterocycles. The fourth-order valence-electron chi connectivity index (χ4n) is 5.56. The van der Waals surface area contributed by atoms with Crippen molar-refractivity contribution in [1.29, 1.82) is 5.41 Å². The summed E-state index contributed by atoms with van der Waals surface area (Å²) in [5.74, 6) is -2.44. The van der Waals surface area contributed by atoms with Gasteiger partial charge in [-0.1, -0.05) is 103 Å². The van der Waals surface area contributed by atoms with E-state index in [4.69, 9.17) is 21.6 Å². The van der Waals surface area contributed by atoms with Crippen molar-refractivity contribution in [3.63, 3.8) is 0 Å². The minimum Gasteiger partial charge on any atom is -0.459 e. The average Bonchev–Trinajstić information content (AvgIpc) is 3.16. The number of anilines is 1. The highest BCUT2D eigenvalue weighted by Gasteiger charge is 2.57. The number of esters is 1. The molecule has 2 unspecified atom stereocenters. The summed E-state index contributed by atoms with van der Waals surface area (Å²) in [6, 6.07) is 30.8. The van der Waals surface area contributed by atoms with E-state index < -0.39 is 29.2 Å². The van der Waals surface area contributed by atoms with Gasteiger partial charge < -0.3 is 26.0 Å². The number of amides is 1. The number of hydrogen-bond acceptors (Lipinski definition) is 7. The molecule has 0 bridgehead atoms. The summed E-state index contributed by atoms with van der Waals surface area (Å²) in [6.45, 7) is 0.492. The Balaban J connectivity index is 1.58. The van der Waals surface area contributed by atoms with E-state index >= 15 is 0 Å². The zero-order valence-corrected chi connectivity index (χ0v) is 24.5. The molecule has 44 heavy (non-hydrogen) atoms. The molecule has 0 aromatic heterocycles. The molecule has 0 saturated heterocycles. The number of ketones is 1. The third-order valence-corrected chi connectivity index (χ3v) is 7.99. The summed E-state index contributed by atoms with van der Waals surface area (Å²) in [4.78, 5) is 46.3. The van der Waals surface area contributed by atoms with Crippen molar-refractivity contribution in [2.24, 2.45) is 11.5 Å². The molecular weight excluding hydrogens is 554 g/mol. The first-order valence-electron chi connectivity index (χ1n) is 14.3. The summed E-state index contributed by atoms with van der Waals surface area (Å²) < 4.78 is 5.70. The lowest BCUT2D eigenvalue weighted by Crippen LogP contribution is -2.71. The number of likely N-dealkylation sites (N-methyl/N-ethyl adjacent to an activating group) is 1. The van der Waals surface area contributed by atoms with Crippen LogP contribution in [0.4, 0.5) is 5.69 Å². The maximum atomic E-state index is 14.5. The van der Waals surface area contributed by atoms with Crippen LogP contribution in [0.25, 0.3) is 0 Å². The zero-order chi connectivity index (χ0) is 31.3. The summed E-state index contributed by atoms with van der Waals surface area (Å²) >= 11 is 0. The van der Waals surface area contributed by atoms with Gasteiger partial charge >= 0.3 is 5.97 Å². The minimum absolute atomic E-state index is 0.0868. The van der Waals surface area contributed by atoms with E-state index in [9.17, 15) is 14.4 Å². The number of amidine groups is 1. The number of benzene rings is 4. The second-order valence-corrected chi connectivity index (χ2v) is 10.9. The molecule has 0 radical (unpaired) electrons. The van der Waals surface area contributed by atoms with Crippen molar-refractivity contribution in [3.05, 3.63) is 137 Å². The number of carbonyl (C=O) groups is 3. The van der Waals surface area contributed by atoms with Crippen LogP contribution in [0.1, 0.15) is 32.6 Å². The maximum absolute atomic E-state index is 14.5.